The average molecular weight is 193 g/mol. The number of methoxy groups -OCH3 is 1. The second kappa shape index (κ2) is 3.59. The summed E-state index contributed by atoms with van der Waals surface area (Å²) in [4.78, 5) is 0. The summed E-state index contributed by atoms with van der Waals surface area (Å²) >= 11 is 0. The normalized spacial score (nSPS) is 25.3. The van der Waals surface area contributed by atoms with Crippen molar-refractivity contribution in [3.05, 3.63) is 29.8 Å². The van der Waals surface area contributed by atoms with Gasteiger partial charge in [-0.1, -0.05) is 18.2 Å². The summed E-state index contributed by atoms with van der Waals surface area (Å²) in [7, 11) is 1.66. The van der Waals surface area contributed by atoms with Crippen molar-refractivity contribution in [1.82, 2.24) is 0 Å². The molecular formula is C11H15NO2. The highest BCUT2D eigenvalue weighted by Gasteiger charge is 2.31. The lowest BCUT2D eigenvalue weighted by Crippen LogP contribution is -2.53. The summed E-state index contributed by atoms with van der Waals surface area (Å²) in [5.41, 5.74) is 6.93. The van der Waals surface area contributed by atoms with Crippen molar-refractivity contribution in [3.63, 3.8) is 0 Å². The molecule has 0 radical (unpaired) electrons. The zero-order valence-electron chi connectivity index (χ0n) is 8.32. The van der Waals surface area contributed by atoms with Gasteiger partial charge in [0.1, 0.15) is 12.4 Å². The van der Waals surface area contributed by atoms with E-state index in [1.165, 1.54) is 5.56 Å². The van der Waals surface area contributed by atoms with Crippen molar-refractivity contribution in [2.24, 2.45) is 5.73 Å². The summed E-state index contributed by atoms with van der Waals surface area (Å²) < 4.78 is 10.7. The molecule has 2 N–H and O–H groups in total. The van der Waals surface area contributed by atoms with Crippen LogP contribution in [0.15, 0.2) is 24.3 Å². The van der Waals surface area contributed by atoms with Crippen molar-refractivity contribution in [2.45, 2.75) is 12.0 Å². The number of benzene rings is 1. The molecule has 2 rings (SSSR count). The van der Waals surface area contributed by atoms with E-state index in [9.17, 15) is 0 Å². The van der Waals surface area contributed by atoms with Gasteiger partial charge in [-0.2, -0.15) is 0 Å². The van der Waals surface area contributed by atoms with Crippen LogP contribution in [-0.2, 0) is 11.2 Å². The van der Waals surface area contributed by atoms with E-state index < -0.39 is 0 Å². The highest BCUT2D eigenvalue weighted by molar-refractivity contribution is 5.36. The predicted octanol–water partition coefficient (Wildman–Crippen LogP) is 0.965. The van der Waals surface area contributed by atoms with Gasteiger partial charge in [-0.3, -0.25) is 0 Å². The molecule has 3 nitrogen and oxygen atoms in total. The minimum absolute atomic E-state index is 0.372. The largest absolute Gasteiger partial charge is 0.491 e. The van der Waals surface area contributed by atoms with E-state index in [0.29, 0.717) is 13.2 Å². The van der Waals surface area contributed by atoms with Crippen molar-refractivity contribution in [1.29, 1.82) is 0 Å². The molecule has 0 aromatic heterocycles. The van der Waals surface area contributed by atoms with Crippen LogP contribution in [0.5, 0.6) is 5.75 Å². The number of rotatable bonds is 2. The average Bonchev–Trinajstić information content (AvgIpc) is 2.17. The molecule has 1 aromatic carbocycles. The molecule has 0 bridgehead atoms. The molecule has 0 saturated carbocycles. The van der Waals surface area contributed by atoms with Gasteiger partial charge in [0.2, 0.25) is 0 Å². The van der Waals surface area contributed by atoms with Crippen LogP contribution < -0.4 is 10.5 Å². The zero-order chi connectivity index (χ0) is 10.0. The van der Waals surface area contributed by atoms with Crippen LogP contribution in [0, 0.1) is 0 Å². The molecular weight excluding hydrogens is 178 g/mol. The van der Waals surface area contributed by atoms with Crippen LogP contribution in [0.1, 0.15) is 5.56 Å². The Balaban J connectivity index is 2.20. The fraction of sp³-hybridized carbons (Fsp3) is 0.455. The first-order valence-electron chi connectivity index (χ1n) is 4.72. The first kappa shape index (κ1) is 9.49. The lowest BCUT2D eigenvalue weighted by molar-refractivity contribution is 0.0843. The molecule has 1 atom stereocenters. The number of hydrogen-bond donors (Lipinski definition) is 1. The minimum Gasteiger partial charge on any atom is -0.491 e. The molecule has 14 heavy (non-hydrogen) atoms. The summed E-state index contributed by atoms with van der Waals surface area (Å²) in [5.74, 6) is 0.949. The second-order valence-electron chi connectivity index (χ2n) is 3.87. The van der Waals surface area contributed by atoms with Gasteiger partial charge in [0, 0.05) is 7.11 Å². The molecule has 1 aromatic rings. The second-order valence-corrected chi connectivity index (χ2v) is 3.87. The van der Waals surface area contributed by atoms with Gasteiger partial charge < -0.3 is 15.2 Å². The smallest absolute Gasteiger partial charge is 0.122 e. The van der Waals surface area contributed by atoms with E-state index >= 15 is 0 Å². The SMILES string of the molecule is COCC1(N)COc2ccccc2C1. The Kier molecular flexibility index (Phi) is 2.44. The predicted molar refractivity (Wildman–Crippen MR) is 54.4 cm³/mol. The molecule has 1 heterocycles. The molecule has 0 aliphatic carbocycles. The summed E-state index contributed by atoms with van der Waals surface area (Å²) in [6.45, 7) is 1.05. The van der Waals surface area contributed by atoms with Crippen LogP contribution >= 0.6 is 0 Å². The quantitative estimate of drug-likeness (QED) is 0.761. The Bertz CT molecular complexity index is 327. The molecule has 1 unspecified atom stereocenters. The maximum absolute atomic E-state index is 6.13. The number of ether oxygens (including phenoxy) is 2. The molecule has 0 saturated heterocycles. The topological polar surface area (TPSA) is 44.5 Å². The molecule has 1 aliphatic rings. The Hall–Kier alpha value is -1.06. The van der Waals surface area contributed by atoms with Crippen LogP contribution in [0.2, 0.25) is 0 Å². The summed E-state index contributed by atoms with van der Waals surface area (Å²) in [6, 6.07) is 7.99. The fourth-order valence-corrected chi connectivity index (χ4v) is 1.82. The lowest BCUT2D eigenvalue weighted by Gasteiger charge is -2.33. The zero-order valence-corrected chi connectivity index (χ0v) is 8.32. The van der Waals surface area contributed by atoms with E-state index in [1.807, 2.05) is 24.3 Å². The van der Waals surface area contributed by atoms with Gasteiger partial charge in [0.05, 0.1) is 12.1 Å². The maximum atomic E-state index is 6.13. The number of para-hydroxylation sites is 1. The van der Waals surface area contributed by atoms with Gasteiger partial charge in [0.25, 0.3) is 0 Å². The molecule has 1 aliphatic heterocycles. The first-order chi connectivity index (χ1) is 6.73. The number of hydrogen-bond acceptors (Lipinski definition) is 3. The van der Waals surface area contributed by atoms with Crippen LogP contribution in [0.25, 0.3) is 0 Å². The first-order valence-corrected chi connectivity index (χ1v) is 4.72. The molecule has 76 valence electrons. The maximum Gasteiger partial charge on any atom is 0.122 e. The standard InChI is InChI=1S/C11H15NO2/c1-13-7-11(12)6-9-4-2-3-5-10(9)14-8-11/h2-5H,6-8,12H2,1H3. The Morgan fingerprint density at radius 1 is 1.50 bits per heavy atom. The third-order valence-electron chi connectivity index (χ3n) is 2.46. The van der Waals surface area contributed by atoms with E-state index in [4.69, 9.17) is 15.2 Å². The van der Waals surface area contributed by atoms with E-state index in [2.05, 4.69) is 0 Å². The van der Waals surface area contributed by atoms with Crippen molar-refractivity contribution in [2.75, 3.05) is 20.3 Å². The van der Waals surface area contributed by atoms with Crippen LogP contribution in [0.3, 0.4) is 0 Å². The minimum atomic E-state index is -0.372. The number of nitrogens with two attached hydrogens (primary N) is 1. The van der Waals surface area contributed by atoms with E-state index in [0.717, 1.165) is 12.2 Å². The van der Waals surface area contributed by atoms with Gasteiger partial charge in [-0.25, -0.2) is 0 Å². The third-order valence-corrected chi connectivity index (χ3v) is 2.46. The Labute approximate surface area is 83.8 Å². The summed E-state index contributed by atoms with van der Waals surface area (Å²) in [6.07, 6.45) is 0.816. The van der Waals surface area contributed by atoms with Crippen LogP contribution in [-0.4, -0.2) is 25.9 Å². The van der Waals surface area contributed by atoms with Gasteiger partial charge in [-0.15, -0.1) is 0 Å². The molecule has 0 spiro atoms. The van der Waals surface area contributed by atoms with Crippen molar-refractivity contribution >= 4 is 0 Å². The van der Waals surface area contributed by atoms with Crippen molar-refractivity contribution < 1.29 is 9.47 Å². The molecule has 3 heteroatoms. The monoisotopic (exact) mass is 193 g/mol. The van der Waals surface area contributed by atoms with E-state index in [-0.39, 0.29) is 5.54 Å². The third kappa shape index (κ3) is 1.74. The summed E-state index contributed by atoms with van der Waals surface area (Å²) in [5, 5.41) is 0. The van der Waals surface area contributed by atoms with Crippen LogP contribution in [0.4, 0.5) is 0 Å². The van der Waals surface area contributed by atoms with Gasteiger partial charge >= 0.3 is 0 Å². The Morgan fingerprint density at radius 2 is 2.29 bits per heavy atom. The Morgan fingerprint density at radius 3 is 3.07 bits per heavy atom. The molecule has 0 amide bonds. The molecule has 0 fully saturated rings. The van der Waals surface area contributed by atoms with Crippen molar-refractivity contribution in [3.8, 4) is 5.75 Å². The lowest BCUT2D eigenvalue weighted by atomic mass is 9.91. The van der Waals surface area contributed by atoms with E-state index in [1.54, 1.807) is 7.11 Å². The fourth-order valence-electron chi connectivity index (χ4n) is 1.82. The highest BCUT2D eigenvalue weighted by Crippen LogP contribution is 2.27. The van der Waals surface area contributed by atoms with Gasteiger partial charge in [-0.05, 0) is 18.1 Å². The number of fused-ring (bicyclic) bond motifs is 1. The highest BCUT2D eigenvalue weighted by atomic mass is 16.5. The van der Waals surface area contributed by atoms with Gasteiger partial charge in [0.15, 0.2) is 0 Å².